The monoisotopic (exact) mass is 451 g/mol. The fourth-order valence-corrected chi connectivity index (χ4v) is 6.23. The second-order valence-electron chi connectivity index (χ2n) is 7.43. The highest BCUT2D eigenvalue weighted by Crippen LogP contribution is 2.26. The fraction of sp³-hybridized carbons (Fsp3) is 0.174. The first kappa shape index (κ1) is 20.0. The number of piperazine rings is 1. The molecule has 0 N–H and O–H groups in total. The Morgan fingerprint density at radius 2 is 1.55 bits per heavy atom. The van der Waals surface area contributed by atoms with Gasteiger partial charge in [0.2, 0.25) is 10.0 Å². The van der Waals surface area contributed by atoms with Crippen LogP contribution in [0.15, 0.2) is 83.3 Å². The fourth-order valence-electron chi connectivity index (χ4n) is 3.91. The number of benzene rings is 2. The number of amides is 1. The summed E-state index contributed by atoms with van der Waals surface area (Å²) >= 11 is 1.41. The Balaban J connectivity index is 1.32. The van der Waals surface area contributed by atoms with Crippen molar-refractivity contribution >= 4 is 38.0 Å². The average Bonchev–Trinajstić information content (AvgIpc) is 3.50. The SMILES string of the molecule is O=C(c1sccc1-n1cccc1)N1CCN(S(=O)(=O)c2ccc3ccccc3c2)CC1. The Labute approximate surface area is 185 Å². The minimum atomic E-state index is -3.61. The first-order chi connectivity index (χ1) is 15.0. The second-order valence-corrected chi connectivity index (χ2v) is 10.3. The van der Waals surface area contributed by atoms with Crippen LogP contribution in [0.5, 0.6) is 0 Å². The van der Waals surface area contributed by atoms with E-state index in [4.69, 9.17) is 0 Å². The van der Waals surface area contributed by atoms with Gasteiger partial charge in [0.15, 0.2) is 0 Å². The van der Waals surface area contributed by atoms with Gasteiger partial charge in [0.25, 0.3) is 5.91 Å². The number of carbonyl (C=O) groups excluding carboxylic acids is 1. The highest BCUT2D eigenvalue weighted by Gasteiger charge is 2.31. The van der Waals surface area contributed by atoms with E-state index in [0.29, 0.717) is 22.9 Å². The van der Waals surface area contributed by atoms with E-state index in [1.807, 2.05) is 70.9 Å². The van der Waals surface area contributed by atoms with E-state index < -0.39 is 10.0 Å². The molecule has 6 nitrogen and oxygen atoms in total. The number of hydrogen-bond donors (Lipinski definition) is 0. The van der Waals surface area contributed by atoms with Crippen LogP contribution in [0, 0.1) is 0 Å². The van der Waals surface area contributed by atoms with Gasteiger partial charge in [0.05, 0.1) is 10.6 Å². The van der Waals surface area contributed by atoms with Crippen molar-refractivity contribution in [2.24, 2.45) is 0 Å². The van der Waals surface area contributed by atoms with Crippen LogP contribution in [-0.4, -0.2) is 54.3 Å². The predicted molar refractivity (Wildman–Crippen MR) is 122 cm³/mol. The molecule has 0 atom stereocenters. The molecule has 158 valence electrons. The molecule has 0 spiro atoms. The van der Waals surface area contributed by atoms with Gasteiger partial charge in [0, 0.05) is 38.6 Å². The zero-order valence-electron chi connectivity index (χ0n) is 16.7. The summed E-state index contributed by atoms with van der Waals surface area (Å²) in [6, 6.07) is 18.7. The number of hydrogen-bond acceptors (Lipinski definition) is 4. The van der Waals surface area contributed by atoms with Crippen LogP contribution >= 0.6 is 11.3 Å². The molecular weight excluding hydrogens is 430 g/mol. The zero-order valence-corrected chi connectivity index (χ0v) is 18.3. The Kier molecular flexibility index (Phi) is 5.13. The Hall–Kier alpha value is -2.94. The zero-order chi connectivity index (χ0) is 21.4. The van der Waals surface area contributed by atoms with Crippen molar-refractivity contribution in [2.45, 2.75) is 4.90 Å². The molecule has 2 aromatic carbocycles. The third-order valence-corrected chi connectivity index (χ3v) is 8.39. The van der Waals surface area contributed by atoms with Crippen molar-refractivity contribution < 1.29 is 13.2 Å². The molecule has 1 amide bonds. The molecule has 0 bridgehead atoms. The number of nitrogens with zero attached hydrogens (tertiary/aromatic N) is 3. The van der Waals surface area contributed by atoms with Crippen LogP contribution in [0.4, 0.5) is 0 Å². The van der Waals surface area contributed by atoms with Gasteiger partial charge >= 0.3 is 0 Å². The lowest BCUT2D eigenvalue weighted by Crippen LogP contribution is -2.50. The maximum absolute atomic E-state index is 13.2. The molecule has 1 saturated heterocycles. The van der Waals surface area contributed by atoms with Crippen LogP contribution < -0.4 is 0 Å². The summed E-state index contributed by atoms with van der Waals surface area (Å²) in [4.78, 5) is 15.8. The van der Waals surface area contributed by atoms with Crippen LogP contribution in [0.2, 0.25) is 0 Å². The molecule has 1 aliphatic heterocycles. The predicted octanol–water partition coefficient (Wildman–Crippen LogP) is 3.84. The number of carbonyl (C=O) groups is 1. The first-order valence-corrected chi connectivity index (χ1v) is 12.3. The third-order valence-electron chi connectivity index (χ3n) is 5.61. The normalized spacial score (nSPS) is 15.4. The lowest BCUT2D eigenvalue weighted by atomic mass is 10.1. The number of thiophene rings is 1. The van der Waals surface area contributed by atoms with Crippen molar-refractivity contribution in [2.75, 3.05) is 26.2 Å². The van der Waals surface area contributed by atoms with Gasteiger partial charge < -0.3 is 9.47 Å². The Morgan fingerprint density at radius 3 is 2.29 bits per heavy atom. The summed E-state index contributed by atoms with van der Waals surface area (Å²) in [6.07, 6.45) is 3.82. The maximum Gasteiger partial charge on any atom is 0.266 e. The van der Waals surface area contributed by atoms with Crippen molar-refractivity contribution in [1.29, 1.82) is 0 Å². The van der Waals surface area contributed by atoms with E-state index in [0.717, 1.165) is 16.5 Å². The molecular formula is C23H21N3O3S2. The molecule has 4 aromatic rings. The van der Waals surface area contributed by atoms with Crippen molar-refractivity contribution in [1.82, 2.24) is 13.8 Å². The van der Waals surface area contributed by atoms with Gasteiger partial charge in [-0.1, -0.05) is 30.3 Å². The highest BCUT2D eigenvalue weighted by molar-refractivity contribution is 7.89. The number of fused-ring (bicyclic) bond motifs is 1. The molecule has 0 radical (unpaired) electrons. The summed E-state index contributed by atoms with van der Waals surface area (Å²) in [7, 11) is -3.61. The summed E-state index contributed by atoms with van der Waals surface area (Å²) in [6.45, 7) is 1.31. The quantitative estimate of drug-likeness (QED) is 0.474. The number of aromatic nitrogens is 1. The Morgan fingerprint density at radius 1 is 0.839 bits per heavy atom. The van der Waals surface area contributed by atoms with E-state index in [-0.39, 0.29) is 19.0 Å². The molecule has 0 unspecified atom stereocenters. The highest BCUT2D eigenvalue weighted by atomic mass is 32.2. The average molecular weight is 452 g/mol. The molecule has 1 aliphatic rings. The van der Waals surface area contributed by atoms with E-state index >= 15 is 0 Å². The Bertz CT molecular complexity index is 1340. The van der Waals surface area contributed by atoms with Crippen LogP contribution in [-0.2, 0) is 10.0 Å². The van der Waals surface area contributed by atoms with E-state index in [9.17, 15) is 13.2 Å². The molecule has 2 aromatic heterocycles. The summed E-state index contributed by atoms with van der Waals surface area (Å²) in [5.41, 5.74) is 0.853. The molecule has 8 heteroatoms. The first-order valence-electron chi connectivity index (χ1n) is 10.0. The van der Waals surface area contributed by atoms with Crippen LogP contribution in [0.3, 0.4) is 0 Å². The minimum absolute atomic E-state index is 0.0542. The van der Waals surface area contributed by atoms with E-state index in [1.165, 1.54) is 15.6 Å². The summed E-state index contributed by atoms with van der Waals surface area (Å²) in [5, 5.41) is 3.81. The van der Waals surface area contributed by atoms with Crippen molar-refractivity contribution in [3.63, 3.8) is 0 Å². The van der Waals surface area contributed by atoms with Crippen molar-refractivity contribution in [3.05, 3.63) is 83.3 Å². The van der Waals surface area contributed by atoms with E-state index in [1.54, 1.807) is 17.0 Å². The lowest BCUT2D eigenvalue weighted by Gasteiger charge is -2.34. The lowest BCUT2D eigenvalue weighted by molar-refractivity contribution is 0.0703. The van der Waals surface area contributed by atoms with Gasteiger partial charge in [-0.25, -0.2) is 8.42 Å². The smallest absolute Gasteiger partial charge is 0.266 e. The summed E-state index contributed by atoms with van der Waals surface area (Å²) < 4.78 is 29.7. The van der Waals surface area contributed by atoms with Crippen LogP contribution in [0.1, 0.15) is 9.67 Å². The molecule has 1 fully saturated rings. The van der Waals surface area contributed by atoms with Crippen LogP contribution in [0.25, 0.3) is 16.5 Å². The molecule has 0 saturated carbocycles. The number of sulfonamides is 1. The van der Waals surface area contributed by atoms with Crippen molar-refractivity contribution in [3.8, 4) is 5.69 Å². The minimum Gasteiger partial charge on any atom is -0.335 e. The third kappa shape index (κ3) is 3.67. The molecule has 31 heavy (non-hydrogen) atoms. The second kappa shape index (κ2) is 7.96. The number of rotatable bonds is 4. The largest absolute Gasteiger partial charge is 0.335 e. The molecule has 0 aliphatic carbocycles. The standard InChI is InChI=1S/C23H21N3O3S2/c27-23(22-21(9-16-30-22)24-10-3-4-11-24)25-12-14-26(15-13-25)31(28,29)20-8-7-18-5-1-2-6-19(18)17-20/h1-11,16-17H,12-15H2. The molecule has 3 heterocycles. The molecule has 5 rings (SSSR count). The topological polar surface area (TPSA) is 62.6 Å². The van der Waals surface area contributed by atoms with Gasteiger partial charge in [-0.2, -0.15) is 4.31 Å². The van der Waals surface area contributed by atoms with Gasteiger partial charge in [-0.3, -0.25) is 4.79 Å². The van der Waals surface area contributed by atoms with E-state index in [2.05, 4.69) is 0 Å². The van der Waals surface area contributed by atoms with Gasteiger partial charge in [-0.15, -0.1) is 11.3 Å². The summed E-state index contributed by atoms with van der Waals surface area (Å²) in [5.74, 6) is -0.0542. The maximum atomic E-state index is 13.2. The van der Waals surface area contributed by atoms with Gasteiger partial charge in [0.1, 0.15) is 4.88 Å². The van der Waals surface area contributed by atoms with Gasteiger partial charge in [-0.05, 0) is 46.5 Å².